The van der Waals surface area contributed by atoms with Crippen LogP contribution in [0.5, 0.6) is 5.75 Å². The third-order valence-corrected chi connectivity index (χ3v) is 4.84. The van der Waals surface area contributed by atoms with Crippen LogP contribution < -0.4 is 15.0 Å². The summed E-state index contributed by atoms with van der Waals surface area (Å²) < 4.78 is 7.15. The molecular weight excluding hydrogens is 340 g/mol. The molecule has 0 spiro atoms. The monoisotopic (exact) mass is 365 g/mol. The van der Waals surface area contributed by atoms with Crippen LogP contribution in [0.1, 0.15) is 23.9 Å². The lowest BCUT2D eigenvalue weighted by atomic mass is 10.1. The van der Waals surface area contributed by atoms with Crippen molar-refractivity contribution in [2.75, 3.05) is 19.5 Å². The second kappa shape index (κ2) is 7.89. The average Bonchev–Trinajstić information content (AvgIpc) is 2.80. The van der Waals surface area contributed by atoms with Crippen LogP contribution >= 0.6 is 11.6 Å². The minimum Gasteiger partial charge on any atom is -0.496 e. The second-order valence-electron chi connectivity index (χ2n) is 6.36. The molecule has 1 amide bonds. The van der Waals surface area contributed by atoms with Crippen molar-refractivity contribution in [1.29, 1.82) is 0 Å². The SMILES string of the molecule is COc1ccc(Cl)cc1C[NH+](C)[C@H](C)C(=O)Nc1c(C)nn(C)c1C. The Morgan fingerprint density at radius 3 is 2.68 bits per heavy atom. The molecule has 25 heavy (non-hydrogen) atoms. The summed E-state index contributed by atoms with van der Waals surface area (Å²) in [6, 6.07) is 5.27. The van der Waals surface area contributed by atoms with Crippen LogP contribution in [-0.2, 0) is 18.4 Å². The number of aromatic nitrogens is 2. The highest BCUT2D eigenvalue weighted by atomic mass is 35.5. The number of carbonyl (C=O) groups is 1. The number of nitrogens with one attached hydrogen (secondary N) is 2. The third kappa shape index (κ3) is 4.32. The van der Waals surface area contributed by atoms with Gasteiger partial charge in [0.25, 0.3) is 5.91 Å². The third-order valence-electron chi connectivity index (χ3n) is 4.60. The van der Waals surface area contributed by atoms with Crippen molar-refractivity contribution >= 4 is 23.2 Å². The lowest BCUT2D eigenvalue weighted by molar-refractivity contribution is -0.907. The molecule has 1 aromatic carbocycles. The van der Waals surface area contributed by atoms with Crippen LogP contribution in [0.15, 0.2) is 18.2 Å². The number of rotatable bonds is 6. The van der Waals surface area contributed by atoms with Gasteiger partial charge >= 0.3 is 0 Å². The van der Waals surface area contributed by atoms with Gasteiger partial charge in [-0.3, -0.25) is 9.48 Å². The van der Waals surface area contributed by atoms with Gasteiger partial charge in [0.2, 0.25) is 0 Å². The molecule has 2 rings (SSSR count). The molecular formula is C18H26ClN4O2+. The standard InChI is InChI=1S/C18H25ClN4O2/c1-11-17(12(2)23(5)21-11)20-18(24)13(3)22(4)10-14-9-15(19)7-8-16(14)25-6/h7-9,13H,10H2,1-6H3,(H,20,24)/p+1/t13-/m1/s1. The highest BCUT2D eigenvalue weighted by molar-refractivity contribution is 6.30. The fourth-order valence-electron chi connectivity index (χ4n) is 2.75. The number of methoxy groups -OCH3 is 1. The Morgan fingerprint density at radius 2 is 2.12 bits per heavy atom. The molecule has 0 radical (unpaired) electrons. The number of quaternary nitrogens is 1. The largest absolute Gasteiger partial charge is 0.496 e. The van der Waals surface area contributed by atoms with Crippen molar-refractivity contribution in [3.8, 4) is 5.75 Å². The van der Waals surface area contributed by atoms with Crippen LogP contribution in [0.2, 0.25) is 5.02 Å². The number of anilines is 1. The molecule has 2 aromatic rings. The normalized spacial score (nSPS) is 13.4. The Morgan fingerprint density at radius 1 is 1.44 bits per heavy atom. The van der Waals surface area contributed by atoms with Gasteiger partial charge in [0.15, 0.2) is 6.04 Å². The Balaban J connectivity index is 2.10. The molecule has 136 valence electrons. The summed E-state index contributed by atoms with van der Waals surface area (Å²) in [7, 11) is 5.48. The fraction of sp³-hybridized carbons (Fsp3) is 0.444. The van der Waals surface area contributed by atoms with E-state index in [4.69, 9.17) is 16.3 Å². The maximum Gasteiger partial charge on any atom is 0.282 e. The number of benzene rings is 1. The van der Waals surface area contributed by atoms with Crippen molar-refractivity contribution in [2.24, 2.45) is 7.05 Å². The van der Waals surface area contributed by atoms with Gasteiger partial charge in [-0.1, -0.05) is 11.6 Å². The molecule has 1 heterocycles. The summed E-state index contributed by atoms with van der Waals surface area (Å²) in [5, 5.41) is 7.99. The molecule has 0 saturated carbocycles. The number of hydrogen-bond donors (Lipinski definition) is 2. The molecule has 1 unspecified atom stereocenters. The number of hydrogen-bond acceptors (Lipinski definition) is 3. The molecule has 6 nitrogen and oxygen atoms in total. The Kier molecular flexibility index (Phi) is 6.08. The molecule has 0 saturated heterocycles. The number of halogens is 1. The van der Waals surface area contributed by atoms with Crippen LogP contribution in [0.4, 0.5) is 5.69 Å². The zero-order chi connectivity index (χ0) is 18.7. The quantitative estimate of drug-likeness (QED) is 0.819. The van der Waals surface area contributed by atoms with Crippen molar-refractivity contribution in [3.63, 3.8) is 0 Å². The lowest BCUT2D eigenvalue weighted by Gasteiger charge is -2.22. The summed E-state index contributed by atoms with van der Waals surface area (Å²) >= 11 is 6.09. The van der Waals surface area contributed by atoms with Gasteiger partial charge in [-0.05, 0) is 39.0 Å². The maximum absolute atomic E-state index is 12.7. The van der Waals surface area contributed by atoms with E-state index in [1.54, 1.807) is 17.9 Å². The highest BCUT2D eigenvalue weighted by Crippen LogP contribution is 2.22. The smallest absolute Gasteiger partial charge is 0.282 e. The van der Waals surface area contributed by atoms with Crippen LogP contribution in [0.25, 0.3) is 0 Å². The Hall–Kier alpha value is -2.05. The summed E-state index contributed by atoms with van der Waals surface area (Å²) in [4.78, 5) is 13.7. The van der Waals surface area contributed by atoms with E-state index >= 15 is 0 Å². The predicted octanol–water partition coefficient (Wildman–Crippen LogP) is 1.74. The van der Waals surface area contributed by atoms with Gasteiger partial charge in [-0.15, -0.1) is 0 Å². The zero-order valence-corrected chi connectivity index (χ0v) is 16.4. The maximum atomic E-state index is 12.7. The van der Waals surface area contributed by atoms with Gasteiger partial charge in [0.1, 0.15) is 12.3 Å². The fourth-order valence-corrected chi connectivity index (χ4v) is 2.94. The van der Waals surface area contributed by atoms with Gasteiger partial charge in [0, 0.05) is 17.6 Å². The molecule has 7 heteroatoms. The average molecular weight is 366 g/mol. The van der Waals surface area contributed by atoms with Crippen molar-refractivity contribution in [2.45, 2.75) is 33.4 Å². The molecule has 0 bridgehead atoms. The van der Waals surface area contributed by atoms with Crippen molar-refractivity contribution in [1.82, 2.24) is 9.78 Å². The van der Waals surface area contributed by atoms with E-state index in [0.717, 1.165) is 33.3 Å². The predicted molar refractivity (Wildman–Crippen MR) is 99.4 cm³/mol. The van der Waals surface area contributed by atoms with Gasteiger partial charge < -0.3 is 15.0 Å². The van der Waals surface area contributed by atoms with E-state index in [2.05, 4.69) is 10.4 Å². The Bertz CT molecular complexity index is 773. The topological polar surface area (TPSA) is 60.6 Å². The highest BCUT2D eigenvalue weighted by Gasteiger charge is 2.25. The Labute approximate surface area is 153 Å². The number of likely N-dealkylation sites (N-methyl/N-ethyl adjacent to an activating group) is 1. The van der Waals surface area contributed by atoms with Crippen molar-refractivity contribution in [3.05, 3.63) is 40.2 Å². The first-order chi connectivity index (χ1) is 11.7. The van der Waals surface area contributed by atoms with E-state index in [1.807, 2.05) is 47.0 Å². The summed E-state index contributed by atoms with van der Waals surface area (Å²) in [6.07, 6.45) is 0. The van der Waals surface area contributed by atoms with Crippen LogP contribution in [0.3, 0.4) is 0 Å². The zero-order valence-electron chi connectivity index (χ0n) is 15.6. The van der Waals surface area contributed by atoms with E-state index in [9.17, 15) is 4.79 Å². The van der Waals surface area contributed by atoms with Crippen LogP contribution in [0, 0.1) is 13.8 Å². The van der Waals surface area contributed by atoms with Gasteiger partial charge in [0.05, 0.1) is 31.2 Å². The van der Waals surface area contributed by atoms with Gasteiger partial charge in [-0.2, -0.15) is 5.10 Å². The molecule has 1 aromatic heterocycles. The van der Waals surface area contributed by atoms with E-state index in [0.29, 0.717) is 11.6 Å². The van der Waals surface area contributed by atoms with Crippen molar-refractivity contribution < 1.29 is 14.4 Å². The first kappa shape index (κ1) is 19.3. The first-order valence-electron chi connectivity index (χ1n) is 8.20. The summed E-state index contributed by atoms with van der Waals surface area (Å²) in [5.74, 6) is 0.730. The van der Waals surface area contributed by atoms with E-state index in [1.165, 1.54) is 0 Å². The van der Waals surface area contributed by atoms with E-state index in [-0.39, 0.29) is 11.9 Å². The minimum absolute atomic E-state index is 0.0438. The number of ether oxygens (including phenoxy) is 1. The number of nitrogens with zero attached hydrogens (tertiary/aromatic N) is 2. The second-order valence-corrected chi connectivity index (χ2v) is 6.80. The lowest BCUT2D eigenvalue weighted by Crippen LogP contribution is -3.12. The summed E-state index contributed by atoms with van der Waals surface area (Å²) in [5.41, 5.74) is 3.51. The molecule has 0 aliphatic heterocycles. The minimum atomic E-state index is -0.248. The summed E-state index contributed by atoms with van der Waals surface area (Å²) in [6.45, 7) is 6.36. The van der Waals surface area contributed by atoms with E-state index < -0.39 is 0 Å². The molecule has 0 aliphatic carbocycles. The van der Waals surface area contributed by atoms with Crippen LogP contribution in [-0.4, -0.2) is 35.9 Å². The molecule has 0 aliphatic rings. The van der Waals surface area contributed by atoms with Gasteiger partial charge in [-0.25, -0.2) is 0 Å². The number of aryl methyl sites for hydroxylation is 2. The number of carbonyl (C=O) groups excluding carboxylic acids is 1. The number of amides is 1. The molecule has 2 N–H and O–H groups in total. The molecule has 2 atom stereocenters. The first-order valence-corrected chi connectivity index (χ1v) is 8.58. The molecule has 0 fully saturated rings.